The second-order valence-electron chi connectivity index (χ2n) is 4.45. The van der Waals surface area contributed by atoms with Crippen LogP contribution in [-0.2, 0) is 0 Å². The number of benzene rings is 1. The summed E-state index contributed by atoms with van der Waals surface area (Å²) in [6.07, 6.45) is 5.23. The highest BCUT2D eigenvalue weighted by Gasteiger charge is 2.30. The topological polar surface area (TPSA) is 24.4 Å². The fourth-order valence-electron chi connectivity index (χ4n) is 2.57. The molecule has 1 N–H and O–H groups in total. The molecule has 1 aliphatic carbocycles. The minimum atomic E-state index is 0.536. The van der Waals surface area contributed by atoms with Crippen LogP contribution in [-0.4, -0.2) is 17.9 Å². The van der Waals surface area contributed by atoms with Gasteiger partial charge in [0.2, 0.25) is 0 Å². The zero-order valence-electron chi connectivity index (χ0n) is 8.82. The van der Waals surface area contributed by atoms with Crippen molar-refractivity contribution in [2.24, 2.45) is 4.99 Å². The Labute approximate surface area is 90.4 Å². The molecule has 1 aromatic rings. The van der Waals surface area contributed by atoms with Gasteiger partial charge in [-0.2, -0.15) is 0 Å². The molecule has 1 heterocycles. The van der Waals surface area contributed by atoms with E-state index >= 15 is 0 Å². The number of amidine groups is 1. The average Bonchev–Trinajstić information content (AvgIpc) is 2.74. The van der Waals surface area contributed by atoms with Gasteiger partial charge in [0, 0.05) is 11.6 Å². The summed E-state index contributed by atoms with van der Waals surface area (Å²) in [7, 11) is 0. The molecule has 1 saturated carbocycles. The van der Waals surface area contributed by atoms with Crippen molar-refractivity contribution in [2.45, 2.75) is 37.8 Å². The second-order valence-corrected chi connectivity index (χ2v) is 4.45. The summed E-state index contributed by atoms with van der Waals surface area (Å²) < 4.78 is 0. The molecule has 1 aliphatic heterocycles. The van der Waals surface area contributed by atoms with Crippen LogP contribution in [0.2, 0.25) is 0 Å². The van der Waals surface area contributed by atoms with E-state index in [1.54, 1.807) is 0 Å². The Morgan fingerprint density at radius 2 is 1.87 bits per heavy atom. The van der Waals surface area contributed by atoms with E-state index in [2.05, 4.69) is 29.6 Å². The Morgan fingerprint density at radius 3 is 2.67 bits per heavy atom. The van der Waals surface area contributed by atoms with Crippen LogP contribution in [0, 0.1) is 0 Å². The zero-order chi connectivity index (χ0) is 10.1. The Kier molecular flexibility index (Phi) is 2.20. The lowest BCUT2D eigenvalue weighted by molar-refractivity contribution is 0.385. The van der Waals surface area contributed by atoms with Crippen LogP contribution in [0.25, 0.3) is 0 Å². The van der Waals surface area contributed by atoms with Gasteiger partial charge in [0.25, 0.3) is 0 Å². The molecule has 0 amide bonds. The standard InChI is InChI=1S/C13H16N2/c1-2-6-10(7-3-1)13-14-11-8-4-5-9-12(11)15-13/h1-3,6-7,11-12H,4-5,8-9H2,(H,14,15)/t11-,12-/m1/s1. The Bertz CT molecular complexity index is 369. The van der Waals surface area contributed by atoms with Crippen molar-refractivity contribution in [2.75, 3.05) is 0 Å². The van der Waals surface area contributed by atoms with Crippen LogP contribution < -0.4 is 5.32 Å². The highest BCUT2D eigenvalue weighted by molar-refractivity contribution is 6.00. The molecule has 0 saturated heterocycles. The van der Waals surface area contributed by atoms with Gasteiger partial charge in [0.05, 0.1) is 6.04 Å². The summed E-state index contributed by atoms with van der Waals surface area (Å²) in [5.41, 5.74) is 1.23. The summed E-state index contributed by atoms with van der Waals surface area (Å²) in [6.45, 7) is 0. The summed E-state index contributed by atoms with van der Waals surface area (Å²) in [6, 6.07) is 11.6. The van der Waals surface area contributed by atoms with Gasteiger partial charge in [0.15, 0.2) is 0 Å². The molecule has 78 valence electrons. The van der Waals surface area contributed by atoms with Crippen LogP contribution in [0.4, 0.5) is 0 Å². The van der Waals surface area contributed by atoms with Gasteiger partial charge in [-0.1, -0.05) is 43.2 Å². The first-order valence-electron chi connectivity index (χ1n) is 5.83. The molecule has 1 fully saturated rings. The molecule has 0 unspecified atom stereocenters. The summed E-state index contributed by atoms with van der Waals surface area (Å²) in [5.74, 6) is 1.10. The van der Waals surface area contributed by atoms with Gasteiger partial charge in [-0.15, -0.1) is 0 Å². The molecule has 3 rings (SSSR count). The largest absolute Gasteiger partial charge is 0.365 e. The number of fused-ring (bicyclic) bond motifs is 1. The predicted molar refractivity (Wildman–Crippen MR) is 62.2 cm³/mol. The van der Waals surface area contributed by atoms with Crippen LogP contribution in [0.3, 0.4) is 0 Å². The number of nitrogens with zero attached hydrogens (tertiary/aromatic N) is 1. The summed E-state index contributed by atoms with van der Waals surface area (Å²) >= 11 is 0. The molecule has 0 aromatic heterocycles. The van der Waals surface area contributed by atoms with E-state index in [0.29, 0.717) is 12.1 Å². The Hall–Kier alpha value is -1.31. The number of hydrogen-bond acceptors (Lipinski definition) is 2. The number of hydrogen-bond donors (Lipinski definition) is 1. The quantitative estimate of drug-likeness (QED) is 0.739. The molecule has 2 heteroatoms. The predicted octanol–water partition coefficient (Wildman–Crippen LogP) is 2.35. The molecule has 0 spiro atoms. The van der Waals surface area contributed by atoms with E-state index in [1.165, 1.54) is 31.2 Å². The molecular formula is C13H16N2. The number of nitrogens with one attached hydrogen (secondary N) is 1. The molecule has 1 aromatic carbocycles. The van der Waals surface area contributed by atoms with E-state index in [1.807, 2.05) is 6.07 Å². The van der Waals surface area contributed by atoms with Gasteiger partial charge < -0.3 is 5.32 Å². The smallest absolute Gasteiger partial charge is 0.128 e. The third kappa shape index (κ3) is 1.65. The summed E-state index contributed by atoms with van der Waals surface area (Å²) in [5, 5.41) is 3.56. The van der Waals surface area contributed by atoms with Crippen LogP contribution in [0.1, 0.15) is 31.2 Å². The minimum Gasteiger partial charge on any atom is -0.365 e. The zero-order valence-corrected chi connectivity index (χ0v) is 8.82. The molecule has 2 nitrogen and oxygen atoms in total. The molecule has 0 radical (unpaired) electrons. The van der Waals surface area contributed by atoms with Crippen LogP contribution >= 0.6 is 0 Å². The average molecular weight is 200 g/mol. The maximum atomic E-state index is 4.79. The normalized spacial score (nSPS) is 29.2. The van der Waals surface area contributed by atoms with Crippen molar-refractivity contribution < 1.29 is 0 Å². The van der Waals surface area contributed by atoms with Crippen LogP contribution in [0.15, 0.2) is 35.3 Å². The fourth-order valence-corrected chi connectivity index (χ4v) is 2.57. The van der Waals surface area contributed by atoms with Gasteiger partial charge in [-0.25, -0.2) is 0 Å². The first-order valence-corrected chi connectivity index (χ1v) is 5.83. The van der Waals surface area contributed by atoms with Gasteiger partial charge in [-0.05, 0) is 12.8 Å². The molecule has 2 aliphatic rings. The maximum absolute atomic E-state index is 4.79. The third-order valence-corrected chi connectivity index (χ3v) is 3.39. The van der Waals surface area contributed by atoms with E-state index in [-0.39, 0.29) is 0 Å². The highest BCUT2D eigenvalue weighted by atomic mass is 15.1. The molecule has 0 bridgehead atoms. The SMILES string of the molecule is c1ccc(C2=N[C@@H]3CCCC[C@H]3N2)cc1. The maximum Gasteiger partial charge on any atom is 0.128 e. The van der Waals surface area contributed by atoms with Crippen molar-refractivity contribution in [3.8, 4) is 0 Å². The van der Waals surface area contributed by atoms with Crippen LogP contribution in [0.5, 0.6) is 0 Å². The van der Waals surface area contributed by atoms with E-state index < -0.39 is 0 Å². The van der Waals surface area contributed by atoms with Gasteiger partial charge >= 0.3 is 0 Å². The fraction of sp³-hybridized carbons (Fsp3) is 0.462. The Morgan fingerprint density at radius 1 is 1.07 bits per heavy atom. The highest BCUT2D eigenvalue weighted by Crippen LogP contribution is 2.25. The third-order valence-electron chi connectivity index (χ3n) is 3.39. The second kappa shape index (κ2) is 3.69. The van der Waals surface area contributed by atoms with E-state index in [0.717, 1.165) is 5.84 Å². The Balaban J connectivity index is 1.84. The number of rotatable bonds is 1. The van der Waals surface area contributed by atoms with Crippen molar-refractivity contribution >= 4 is 5.84 Å². The van der Waals surface area contributed by atoms with Gasteiger partial charge in [0.1, 0.15) is 5.84 Å². The molecular weight excluding hydrogens is 184 g/mol. The van der Waals surface area contributed by atoms with E-state index in [4.69, 9.17) is 4.99 Å². The number of aliphatic imine (C=N–C) groups is 1. The minimum absolute atomic E-state index is 0.536. The van der Waals surface area contributed by atoms with Crippen molar-refractivity contribution in [1.29, 1.82) is 0 Å². The lowest BCUT2D eigenvalue weighted by Crippen LogP contribution is -2.36. The van der Waals surface area contributed by atoms with Gasteiger partial charge in [-0.3, -0.25) is 4.99 Å². The first kappa shape index (κ1) is 8.96. The van der Waals surface area contributed by atoms with Crippen molar-refractivity contribution in [3.05, 3.63) is 35.9 Å². The molecule has 15 heavy (non-hydrogen) atoms. The van der Waals surface area contributed by atoms with E-state index in [9.17, 15) is 0 Å². The lowest BCUT2D eigenvalue weighted by Gasteiger charge is -2.23. The summed E-state index contributed by atoms with van der Waals surface area (Å²) in [4.78, 5) is 4.79. The first-order chi connectivity index (χ1) is 7.43. The molecule has 2 atom stereocenters. The van der Waals surface area contributed by atoms with Crippen molar-refractivity contribution in [3.63, 3.8) is 0 Å². The monoisotopic (exact) mass is 200 g/mol. The van der Waals surface area contributed by atoms with Crippen molar-refractivity contribution in [1.82, 2.24) is 5.32 Å². The lowest BCUT2D eigenvalue weighted by atomic mass is 9.92.